The lowest BCUT2D eigenvalue weighted by atomic mass is 9.66. The van der Waals surface area contributed by atoms with Gasteiger partial charge in [-0.3, -0.25) is 4.90 Å². The molecule has 5 heterocycles. The van der Waals surface area contributed by atoms with E-state index in [-0.39, 0.29) is 18.1 Å². The number of piperidine rings is 3. The Balaban J connectivity index is 1.57. The number of fused-ring (bicyclic) bond motifs is 3. The lowest BCUT2D eigenvalue weighted by Crippen LogP contribution is -2.63. The second-order valence-electron chi connectivity index (χ2n) is 9.31. The highest BCUT2D eigenvalue weighted by Gasteiger charge is 2.54. The topological polar surface area (TPSA) is 69.1 Å². The highest BCUT2D eigenvalue weighted by atomic mass is 16.5. The molecule has 1 aromatic carbocycles. The number of aromatic nitrogens is 1. The lowest BCUT2D eigenvalue weighted by Gasteiger charge is -2.54. The van der Waals surface area contributed by atoms with Gasteiger partial charge in [0.25, 0.3) is 0 Å². The van der Waals surface area contributed by atoms with Crippen LogP contribution in [-0.4, -0.2) is 71.6 Å². The number of anilines is 1. The van der Waals surface area contributed by atoms with Crippen LogP contribution in [0.1, 0.15) is 29.5 Å². The fourth-order valence-electron chi connectivity index (χ4n) is 5.85. The van der Waals surface area contributed by atoms with Crippen molar-refractivity contribution in [3.8, 4) is 12.3 Å². The zero-order valence-corrected chi connectivity index (χ0v) is 18.5. The number of nitrogens with zero attached hydrogens (tertiary/aromatic N) is 3. The number of benzene rings is 1. The molecule has 1 aromatic heterocycles. The maximum absolute atomic E-state index is 12.1. The van der Waals surface area contributed by atoms with Crippen molar-refractivity contribution in [2.45, 2.75) is 43.1 Å². The minimum Gasteiger partial charge on any atom is -0.388 e. The van der Waals surface area contributed by atoms with Gasteiger partial charge in [-0.05, 0) is 55.5 Å². The lowest BCUT2D eigenvalue weighted by molar-refractivity contribution is -0.143. The van der Waals surface area contributed by atoms with E-state index in [2.05, 4.69) is 33.9 Å². The number of ether oxygens (including phenoxy) is 1. The van der Waals surface area contributed by atoms with Crippen LogP contribution < -0.4 is 4.90 Å². The van der Waals surface area contributed by atoms with Gasteiger partial charge in [0.2, 0.25) is 0 Å². The number of β-amino-alcohol motifs (C(OH)–C–C–N with tert-alkyl or cyclic N) is 1. The highest BCUT2D eigenvalue weighted by molar-refractivity contribution is 5.50. The minimum atomic E-state index is -1.11. The number of hydrogen-bond acceptors (Lipinski definition) is 6. The van der Waals surface area contributed by atoms with Gasteiger partial charge in [-0.2, -0.15) is 0 Å². The molecule has 168 valence electrons. The van der Waals surface area contributed by atoms with Crippen LogP contribution in [0.25, 0.3) is 0 Å². The quantitative estimate of drug-likeness (QED) is 0.701. The zero-order chi connectivity index (χ0) is 22.3. The average molecular weight is 434 g/mol. The molecule has 6 nitrogen and oxygen atoms in total. The molecule has 6 rings (SSSR count). The van der Waals surface area contributed by atoms with E-state index in [4.69, 9.17) is 16.1 Å². The van der Waals surface area contributed by atoms with Crippen molar-refractivity contribution in [3.05, 3.63) is 59.3 Å². The fourth-order valence-corrected chi connectivity index (χ4v) is 5.85. The summed E-state index contributed by atoms with van der Waals surface area (Å²) in [5.74, 6) is 3.81. The van der Waals surface area contributed by atoms with Gasteiger partial charge in [0, 0.05) is 32.0 Å². The molecule has 4 saturated heterocycles. The van der Waals surface area contributed by atoms with Gasteiger partial charge in [-0.15, -0.1) is 6.42 Å². The van der Waals surface area contributed by atoms with Crippen molar-refractivity contribution < 1.29 is 14.9 Å². The Kier molecular flexibility index (Phi) is 5.68. The molecular formula is C26H31N3O3. The first-order valence-electron chi connectivity index (χ1n) is 11.5. The van der Waals surface area contributed by atoms with Gasteiger partial charge < -0.3 is 19.8 Å². The summed E-state index contributed by atoms with van der Waals surface area (Å²) in [4.78, 5) is 9.04. The number of methoxy groups -OCH3 is 1. The van der Waals surface area contributed by atoms with Crippen LogP contribution in [0.4, 0.5) is 5.82 Å². The summed E-state index contributed by atoms with van der Waals surface area (Å²) in [6, 6.07) is 12.0. The minimum absolute atomic E-state index is 0.127. The van der Waals surface area contributed by atoms with E-state index >= 15 is 0 Å². The molecule has 2 N–H and O–H groups in total. The molecule has 6 heteroatoms. The predicted octanol–water partition coefficient (Wildman–Crippen LogP) is 1.78. The predicted molar refractivity (Wildman–Crippen MR) is 123 cm³/mol. The zero-order valence-electron chi connectivity index (χ0n) is 18.5. The van der Waals surface area contributed by atoms with Crippen molar-refractivity contribution >= 4 is 5.82 Å². The van der Waals surface area contributed by atoms with Gasteiger partial charge >= 0.3 is 0 Å². The van der Waals surface area contributed by atoms with E-state index < -0.39 is 11.7 Å². The summed E-state index contributed by atoms with van der Waals surface area (Å²) >= 11 is 0. The molecule has 32 heavy (non-hydrogen) atoms. The molecule has 0 spiro atoms. The molecule has 4 aliphatic heterocycles. The van der Waals surface area contributed by atoms with Crippen LogP contribution in [-0.2, 0) is 16.8 Å². The summed E-state index contributed by atoms with van der Waals surface area (Å²) in [6.45, 7) is 2.93. The molecule has 4 aliphatic rings. The molecule has 0 aliphatic carbocycles. The van der Waals surface area contributed by atoms with Crippen LogP contribution in [0.2, 0.25) is 0 Å². The number of aliphatic hydroxyl groups is 2. The van der Waals surface area contributed by atoms with Crippen molar-refractivity contribution in [2.24, 2.45) is 5.92 Å². The Bertz CT molecular complexity index is 999. The summed E-state index contributed by atoms with van der Waals surface area (Å²) in [5, 5.41) is 22.4. The normalized spacial score (nSPS) is 33.9. The van der Waals surface area contributed by atoms with Crippen LogP contribution in [0, 0.1) is 18.3 Å². The average Bonchev–Trinajstić information content (AvgIpc) is 3.21. The largest absolute Gasteiger partial charge is 0.388 e. The Morgan fingerprint density at radius 3 is 2.62 bits per heavy atom. The summed E-state index contributed by atoms with van der Waals surface area (Å²) in [5.41, 5.74) is 1.93. The van der Waals surface area contributed by atoms with E-state index in [0.717, 1.165) is 42.9 Å². The van der Waals surface area contributed by atoms with Crippen molar-refractivity contribution in [2.75, 3.05) is 38.2 Å². The molecule has 1 unspecified atom stereocenters. The van der Waals surface area contributed by atoms with Crippen molar-refractivity contribution in [1.82, 2.24) is 9.88 Å². The first-order valence-corrected chi connectivity index (χ1v) is 11.5. The maximum atomic E-state index is 12.1. The van der Waals surface area contributed by atoms with Gasteiger partial charge in [0.05, 0.1) is 6.10 Å². The van der Waals surface area contributed by atoms with Crippen LogP contribution in [0.5, 0.6) is 0 Å². The summed E-state index contributed by atoms with van der Waals surface area (Å²) in [7, 11) is 1.62. The summed E-state index contributed by atoms with van der Waals surface area (Å²) in [6.07, 6.45) is 9.57. The van der Waals surface area contributed by atoms with E-state index in [9.17, 15) is 10.2 Å². The van der Waals surface area contributed by atoms with Crippen LogP contribution >= 0.6 is 0 Å². The molecule has 0 saturated carbocycles. The molecule has 0 amide bonds. The van der Waals surface area contributed by atoms with Gasteiger partial charge in [-0.1, -0.05) is 36.3 Å². The Labute approximate surface area is 189 Å². The summed E-state index contributed by atoms with van der Waals surface area (Å²) < 4.78 is 5.41. The maximum Gasteiger partial charge on any atom is 0.128 e. The third kappa shape index (κ3) is 3.50. The van der Waals surface area contributed by atoms with Crippen molar-refractivity contribution in [3.63, 3.8) is 0 Å². The second-order valence-corrected chi connectivity index (χ2v) is 9.31. The molecule has 4 fully saturated rings. The van der Waals surface area contributed by atoms with E-state index in [1.165, 1.54) is 5.56 Å². The van der Waals surface area contributed by atoms with Crippen molar-refractivity contribution in [1.29, 1.82) is 0 Å². The molecule has 0 radical (unpaired) electrons. The molecular weight excluding hydrogens is 402 g/mol. The van der Waals surface area contributed by atoms with E-state index in [1.807, 2.05) is 24.4 Å². The fraction of sp³-hybridized carbons (Fsp3) is 0.500. The number of rotatable bonds is 5. The monoisotopic (exact) mass is 433 g/mol. The standard InChI is InChI=1S/C26H31N3O3/c1-3-24-26(31,20-9-11-28(24)12-10-20)21-15-27-25(29-16-22(30)23(17-29)32-2)14-19(21)13-18-7-5-4-6-8-18/h1,4-8,14-15,20,22-24,30-31H,9-13,16-17H2,2H3/t22-,23-,24?,26-/m1/s1. The molecule has 2 aromatic rings. The van der Waals surface area contributed by atoms with Gasteiger partial charge in [-0.25, -0.2) is 4.98 Å². The smallest absolute Gasteiger partial charge is 0.128 e. The third-order valence-corrected chi connectivity index (χ3v) is 7.60. The van der Waals surface area contributed by atoms with Gasteiger partial charge in [0.15, 0.2) is 0 Å². The van der Waals surface area contributed by atoms with E-state index in [0.29, 0.717) is 19.5 Å². The first kappa shape index (κ1) is 21.4. The van der Waals surface area contributed by atoms with Crippen LogP contribution in [0.3, 0.4) is 0 Å². The number of terminal acetylenes is 1. The van der Waals surface area contributed by atoms with E-state index in [1.54, 1.807) is 7.11 Å². The number of hydrogen-bond donors (Lipinski definition) is 2. The highest BCUT2D eigenvalue weighted by Crippen LogP contribution is 2.48. The third-order valence-electron chi connectivity index (χ3n) is 7.60. The Morgan fingerprint density at radius 1 is 1.22 bits per heavy atom. The number of aliphatic hydroxyl groups excluding tert-OH is 1. The SMILES string of the molecule is C#CC1N2CCC(CC2)[C@@]1(O)c1cnc(N2C[C@@H](O)[C@H](OC)C2)cc1Cc1ccccc1. The Morgan fingerprint density at radius 2 is 1.97 bits per heavy atom. The second kappa shape index (κ2) is 8.49. The first-order chi connectivity index (χ1) is 15.5. The Hall–Kier alpha value is -2.43. The number of pyridine rings is 1. The van der Waals surface area contributed by atoms with Gasteiger partial charge in [0.1, 0.15) is 23.6 Å². The van der Waals surface area contributed by atoms with Crippen LogP contribution in [0.15, 0.2) is 42.6 Å². The molecule has 4 atom stereocenters. The molecule has 2 bridgehead atoms.